The van der Waals surface area contributed by atoms with E-state index in [4.69, 9.17) is 11.5 Å². The van der Waals surface area contributed by atoms with Crippen molar-refractivity contribution >= 4 is 76.5 Å². The largest absolute Gasteiger partial charge is 0.397 e. The Hall–Kier alpha value is -8.86. The van der Waals surface area contributed by atoms with Crippen molar-refractivity contribution in [2.45, 2.75) is 0 Å². The summed E-state index contributed by atoms with van der Waals surface area (Å²) < 4.78 is 4.82. The molecule has 0 aliphatic rings. The van der Waals surface area contributed by atoms with Gasteiger partial charge in [-0.1, -0.05) is 182 Å². The van der Waals surface area contributed by atoms with Gasteiger partial charge in [0.15, 0.2) is 0 Å². The SMILES string of the molecule is Nc1c(N)c2cc3c(cc2c2cc4c5ccccc5n(-c5ccccc5-c5ccccc5-c5ccccc5)c4cc12)c1ccccc1n3-c1ccccc1-c1ccccc1-c1ccccc1. The number of hydrogen-bond donors (Lipinski definition) is 2. The molecule has 13 rings (SSSR count). The minimum absolute atomic E-state index is 0.582. The minimum Gasteiger partial charge on any atom is -0.397 e. The molecule has 0 aliphatic heterocycles. The molecule has 2 heterocycles. The maximum atomic E-state index is 7.26. The summed E-state index contributed by atoms with van der Waals surface area (Å²) in [4.78, 5) is 0. The van der Waals surface area contributed by atoms with Crippen LogP contribution < -0.4 is 11.5 Å². The molecule has 0 saturated heterocycles. The summed E-state index contributed by atoms with van der Waals surface area (Å²) in [6, 6.07) is 82.8. The van der Waals surface area contributed by atoms with Crippen molar-refractivity contribution in [2.24, 2.45) is 0 Å². The highest BCUT2D eigenvalue weighted by Gasteiger charge is 2.23. The van der Waals surface area contributed by atoms with Crippen molar-refractivity contribution in [1.29, 1.82) is 0 Å². The molecule has 4 heteroatoms. The van der Waals surface area contributed by atoms with Gasteiger partial charge in [0.2, 0.25) is 0 Å². The van der Waals surface area contributed by atoms with Gasteiger partial charge < -0.3 is 20.6 Å². The molecule has 0 atom stereocenters. The van der Waals surface area contributed by atoms with E-state index in [-0.39, 0.29) is 0 Å². The van der Waals surface area contributed by atoms with E-state index in [0.29, 0.717) is 11.4 Å². The second-order valence-electron chi connectivity index (χ2n) is 17.2. The van der Waals surface area contributed by atoms with Gasteiger partial charge in [-0.25, -0.2) is 0 Å². The van der Waals surface area contributed by atoms with E-state index in [9.17, 15) is 0 Å². The van der Waals surface area contributed by atoms with E-state index in [1.54, 1.807) is 0 Å². The van der Waals surface area contributed by atoms with Crippen molar-refractivity contribution in [2.75, 3.05) is 11.5 Å². The maximum Gasteiger partial charge on any atom is 0.0634 e. The first-order valence-electron chi connectivity index (χ1n) is 22.5. The van der Waals surface area contributed by atoms with Crippen LogP contribution >= 0.6 is 0 Å². The molecule has 4 N–H and O–H groups in total. The van der Waals surface area contributed by atoms with Gasteiger partial charge in [-0.05, 0) is 92.7 Å². The molecule has 0 radical (unpaired) electrons. The first-order valence-corrected chi connectivity index (χ1v) is 22.5. The van der Waals surface area contributed by atoms with Crippen molar-refractivity contribution in [3.8, 4) is 55.9 Å². The lowest BCUT2D eigenvalue weighted by molar-refractivity contribution is 1.18. The molecule has 0 unspecified atom stereocenters. The van der Waals surface area contributed by atoms with E-state index in [1.807, 2.05) is 0 Å². The second kappa shape index (κ2) is 14.9. The molecule has 0 aliphatic carbocycles. The van der Waals surface area contributed by atoms with Gasteiger partial charge >= 0.3 is 0 Å². The number of para-hydroxylation sites is 4. The van der Waals surface area contributed by atoms with E-state index in [2.05, 4.69) is 240 Å². The summed E-state index contributed by atoms with van der Waals surface area (Å²) in [6.45, 7) is 0. The number of hydrogen-bond acceptors (Lipinski definition) is 2. The Morgan fingerprint density at radius 2 is 0.561 bits per heavy atom. The fourth-order valence-electron chi connectivity index (χ4n) is 10.7. The highest BCUT2D eigenvalue weighted by molar-refractivity contribution is 6.28. The molecule has 310 valence electrons. The normalized spacial score (nSPS) is 11.8. The van der Waals surface area contributed by atoms with Crippen molar-refractivity contribution < 1.29 is 0 Å². The molecule has 11 aromatic carbocycles. The Balaban J connectivity index is 1.07. The molecule has 0 amide bonds. The van der Waals surface area contributed by atoms with Crippen LogP contribution in [0, 0.1) is 0 Å². The molecule has 2 aromatic heterocycles. The average molecular weight is 843 g/mol. The van der Waals surface area contributed by atoms with Gasteiger partial charge in [0, 0.05) is 43.4 Å². The fourth-order valence-corrected chi connectivity index (χ4v) is 10.7. The third-order valence-electron chi connectivity index (χ3n) is 13.7. The smallest absolute Gasteiger partial charge is 0.0634 e. The minimum atomic E-state index is 0.582. The van der Waals surface area contributed by atoms with E-state index < -0.39 is 0 Å². The zero-order valence-electron chi connectivity index (χ0n) is 36.0. The Bertz CT molecular complexity index is 3800. The zero-order chi connectivity index (χ0) is 43.9. The number of rotatable bonds is 6. The lowest BCUT2D eigenvalue weighted by Crippen LogP contribution is -2.01. The Morgan fingerprint density at radius 3 is 0.985 bits per heavy atom. The number of nitrogens with two attached hydrogens (primary N) is 2. The lowest BCUT2D eigenvalue weighted by atomic mass is 9.93. The summed E-state index contributed by atoms with van der Waals surface area (Å²) in [6.07, 6.45) is 0. The zero-order valence-corrected chi connectivity index (χ0v) is 36.0. The number of nitrogen functional groups attached to an aromatic ring is 2. The van der Waals surface area contributed by atoms with Gasteiger partial charge in [-0.2, -0.15) is 0 Å². The van der Waals surface area contributed by atoms with Crippen LogP contribution in [-0.2, 0) is 0 Å². The standard InChI is InChI=1S/C62H42N4/c63-61-53-37-59-51(47-29-13-17-33-57(47)65(59)55-31-15-11-27-45(55)43-25-9-7-23-41(43)39-19-3-1-4-20-39)35-49(53)50-36-52-48-30-14-18-34-58(48)66(60(52)38-54(50)62(61)64)56-32-16-12-28-46(56)44-26-10-8-24-42(44)40-21-5-2-6-22-40/h1-38H,63-64H2. The van der Waals surface area contributed by atoms with Crippen LogP contribution in [0.3, 0.4) is 0 Å². The van der Waals surface area contributed by atoms with Crippen molar-refractivity contribution in [1.82, 2.24) is 9.13 Å². The van der Waals surface area contributed by atoms with Crippen molar-refractivity contribution in [3.05, 3.63) is 231 Å². The van der Waals surface area contributed by atoms with E-state index in [1.165, 1.54) is 44.2 Å². The third kappa shape index (κ3) is 5.65. The molecule has 0 spiro atoms. The molecule has 0 fully saturated rings. The van der Waals surface area contributed by atoms with Gasteiger partial charge in [-0.15, -0.1) is 0 Å². The number of fused-ring (bicyclic) bond motifs is 9. The first kappa shape index (κ1) is 37.7. The molecular formula is C62H42N4. The first-order chi connectivity index (χ1) is 32.6. The van der Waals surface area contributed by atoms with Crippen LogP contribution in [0.15, 0.2) is 231 Å². The quantitative estimate of drug-likeness (QED) is 0.0995. The Labute approximate surface area is 381 Å². The van der Waals surface area contributed by atoms with Gasteiger partial charge in [0.05, 0.1) is 44.8 Å². The summed E-state index contributed by atoms with van der Waals surface area (Å²) in [7, 11) is 0. The van der Waals surface area contributed by atoms with E-state index in [0.717, 1.165) is 76.9 Å². The van der Waals surface area contributed by atoms with Crippen LogP contribution in [-0.4, -0.2) is 9.13 Å². The summed E-state index contributed by atoms with van der Waals surface area (Å²) in [5.74, 6) is 0. The predicted molar refractivity (Wildman–Crippen MR) is 281 cm³/mol. The maximum absolute atomic E-state index is 7.26. The second-order valence-corrected chi connectivity index (χ2v) is 17.2. The topological polar surface area (TPSA) is 61.9 Å². The van der Waals surface area contributed by atoms with Crippen LogP contribution in [0.1, 0.15) is 0 Å². The van der Waals surface area contributed by atoms with Crippen molar-refractivity contribution in [3.63, 3.8) is 0 Å². The van der Waals surface area contributed by atoms with Gasteiger partial charge in [-0.3, -0.25) is 0 Å². The summed E-state index contributed by atoms with van der Waals surface area (Å²) in [5.41, 5.74) is 31.7. The van der Waals surface area contributed by atoms with Gasteiger partial charge in [0.25, 0.3) is 0 Å². The van der Waals surface area contributed by atoms with E-state index >= 15 is 0 Å². The number of anilines is 2. The Kier molecular flexibility index (Phi) is 8.49. The fraction of sp³-hybridized carbons (Fsp3) is 0. The summed E-state index contributed by atoms with van der Waals surface area (Å²) in [5, 5.41) is 8.68. The molecule has 66 heavy (non-hydrogen) atoms. The lowest BCUT2D eigenvalue weighted by Gasteiger charge is -2.18. The molecule has 13 aromatic rings. The highest BCUT2D eigenvalue weighted by Crippen LogP contribution is 2.47. The monoisotopic (exact) mass is 842 g/mol. The third-order valence-corrected chi connectivity index (χ3v) is 13.7. The Morgan fingerprint density at radius 1 is 0.227 bits per heavy atom. The average Bonchev–Trinajstić information content (AvgIpc) is 3.89. The van der Waals surface area contributed by atoms with Crippen LogP contribution in [0.4, 0.5) is 11.4 Å². The molecule has 0 saturated carbocycles. The van der Waals surface area contributed by atoms with Crippen LogP contribution in [0.25, 0.3) is 121 Å². The number of benzene rings is 11. The predicted octanol–water partition coefficient (Wildman–Crippen LogP) is 16.0. The van der Waals surface area contributed by atoms with Crippen LogP contribution in [0.2, 0.25) is 0 Å². The number of aromatic nitrogens is 2. The summed E-state index contributed by atoms with van der Waals surface area (Å²) >= 11 is 0. The van der Waals surface area contributed by atoms with Crippen LogP contribution in [0.5, 0.6) is 0 Å². The van der Waals surface area contributed by atoms with Gasteiger partial charge in [0.1, 0.15) is 0 Å². The number of nitrogens with zero attached hydrogens (tertiary/aromatic N) is 2. The highest BCUT2D eigenvalue weighted by atomic mass is 15.0. The molecule has 4 nitrogen and oxygen atoms in total. The molecule has 0 bridgehead atoms. The molecular weight excluding hydrogens is 801 g/mol.